The molecule has 0 spiro atoms. The second-order valence-electron chi connectivity index (χ2n) is 6.13. The molecule has 0 saturated carbocycles. The van der Waals surface area contributed by atoms with Gasteiger partial charge in [-0.15, -0.1) is 0 Å². The summed E-state index contributed by atoms with van der Waals surface area (Å²) in [6.07, 6.45) is -5.14. The standard InChI is InChI=1S/C12H16N2O8.C4H4N2O2/c1-21-7(17)4-5(15)10-8(18)9(19)11(22-10)14-3-2-6(16)13-12(14)20;7-3-1-2-5-4(8)6-3/h2-3,5,8-11,15,18-19H,4H2,1H3,(H,13,16,20);1-2H,(H2,5,6,7,8)/t5?,8-,9+,10+,11+;/m0./s1. The van der Waals surface area contributed by atoms with Crippen molar-refractivity contribution < 1.29 is 29.6 Å². The number of rotatable bonds is 4. The average molecular weight is 428 g/mol. The molecule has 1 aliphatic rings. The van der Waals surface area contributed by atoms with Crippen molar-refractivity contribution in [2.24, 2.45) is 0 Å². The summed E-state index contributed by atoms with van der Waals surface area (Å²) in [5, 5.41) is 29.8. The van der Waals surface area contributed by atoms with Gasteiger partial charge in [0.1, 0.15) is 18.3 Å². The summed E-state index contributed by atoms with van der Waals surface area (Å²) in [6, 6.07) is 2.28. The predicted molar refractivity (Wildman–Crippen MR) is 97.6 cm³/mol. The van der Waals surface area contributed by atoms with Crippen molar-refractivity contribution >= 4 is 5.97 Å². The first-order valence-corrected chi connectivity index (χ1v) is 8.50. The van der Waals surface area contributed by atoms with Gasteiger partial charge in [-0.05, 0) is 0 Å². The van der Waals surface area contributed by atoms with Gasteiger partial charge in [0.25, 0.3) is 11.1 Å². The number of aliphatic hydroxyl groups is 3. The van der Waals surface area contributed by atoms with Gasteiger partial charge in [0.2, 0.25) is 0 Å². The molecule has 1 fully saturated rings. The van der Waals surface area contributed by atoms with Crippen LogP contribution in [0.1, 0.15) is 12.6 Å². The molecule has 3 heterocycles. The second-order valence-corrected chi connectivity index (χ2v) is 6.13. The van der Waals surface area contributed by atoms with Crippen LogP contribution in [0.4, 0.5) is 0 Å². The first-order valence-electron chi connectivity index (χ1n) is 8.50. The number of aromatic nitrogens is 4. The molecule has 0 radical (unpaired) electrons. The smallest absolute Gasteiger partial charge is 0.330 e. The molecular formula is C16H20N4O10. The van der Waals surface area contributed by atoms with Gasteiger partial charge in [0.05, 0.1) is 19.6 Å². The van der Waals surface area contributed by atoms with Crippen molar-refractivity contribution in [2.75, 3.05) is 7.11 Å². The van der Waals surface area contributed by atoms with E-state index in [4.69, 9.17) is 4.74 Å². The highest BCUT2D eigenvalue weighted by atomic mass is 16.6. The lowest BCUT2D eigenvalue weighted by Gasteiger charge is -2.20. The van der Waals surface area contributed by atoms with Gasteiger partial charge in [-0.1, -0.05) is 0 Å². The van der Waals surface area contributed by atoms with Gasteiger partial charge in [0.15, 0.2) is 6.23 Å². The van der Waals surface area contributed by atoms with Crippen LogP contribution in [0.2, 0.25) is 0 Å². The van der Waals surface area contributed by atoms with Gasteiger partial charge in [-0.2, -0.15) is 0 Å². The fraction of sp³-hybridized carbons (Fsp3) is 0.438. The Morgan fingerprint density at radius 3 is 2.37 bits per heavy atom. The molecule has 1 unspecified atom stereocenters. The molecule has 0 aromatic carbocycles. The van der Waals surface area contributed by atoms with Crippen molar-refractivity contribution in [3.63, 3.8) is 0 Å². The number of methoxy groups -OCH3 is 1. The summed E-state index contributed by atoms with van der Waals surface area (Å²) in [6.45, 7) is 0. The van der Waals surface area contributed by atoms with Crippen LogP contribution in [0.3, 0.4) is 0 Å². The summed E-state index contributed by atoms with van der Waals surface area (Å²) in [7, 11) is 1.14. The Balaban J connectivity index is 0.000000335. The first-order chi connectivity index (χ1) is 14.1. The maximum Gasteiger partial charge on any atom is 0.330 e. The Morgan fingerprint density at radius 1 is 1.17 bits per heavy atom. The minimum Gasteiger partial charge on any atom is -0.469 e. The molecule has 0 amide bonds. The molecule has 5 atom stereocenters. The quantitative estimate of drug-likeness (QED) is 0.260. The third-order valence-corrected chi connectivity index (χ3v) is 4.07. The first kappa shape index (κ1) is 23.0. The molecule has 1 saturated heterocycles. The van der Waals surface area contributed by atoms with Gasteiger partial charge in [0, 0.05) is 24.5 Å². The van der Waals surface area contributed by atoms with Crippen LogP contribution >= 0.6 is 0 Å². The highest BCUT2D eigenvalue weighted by molar-refractivity contribution is 5.69. The normalized spacial score (nSPS) is 23.9. The lowest BCUT2D eigenvalue weighted by Crippen LogP contribution is -2.40. The van der Waals surface area contributed by atoms with Crippen molar-refractivity contribution in [1.82, 2.24) is 19.5 Å². The third-order valence-electron chi connectivity index (χ3n) is 4.07. The molecule has 2 aromatic rings. The van der Waals surface area contributed by atoms with E-state index in [1.165, 1.54) is 12.3 Å². The number of carbonyl (C=O) groups excluding carboxylic acids is 1. The van der Waals surface area contributed by atoms with Crippen LogP contribution in [-0.4, -0.2) is 72.3 Å². The highest BCUT2D eigenvalue weighted by Gasteiger charge is 2.47. The SMILES string of the molecule is COC(=O)CC(O)[C@H]1O[C@@H](n2ccc(=O)[nH]c2=O)[C@H](O)[C@@H]1O.O=c1cc[nH]c(=O)[nH]1. The van der Waals surface area contributed by atoms with Crippen molar-refractivity contribution in [3.8, 4) is 0 Å². The number of aliphatic hydroxyl groups excluding tert-OH is 3. The third kappa shape index (κ3) is 5.60. The topological polar surface area (TPSA) is 217 Å². The van der Waals surface area contributed by atoms with E-state index in [9.17, 15) is 39.3 Å². The molecule has 2 aromatic heterocycles. The molecular weight excluding hydrogens is 408 g/mol. The van der Waals surface area contributed by atoms with Crippen molar-refractivity contribution in [3.05, 3.63) is 66.2 Å². The maximum atomic E-state index is 11.7. The van der Waals surface area contributed by atoms with Crippen molar-refractivity contribution in [1.29, 1.82) is 0 Å². The number of carbonyl (C=O) groups is 1. The van der Waals surface area contributed by atoms with E-state index in [2.05, 4.69) is 9.72 Å². The van der Waals surface area contributed by atoms with Crippen molar-refractivity contribution in [2.45, 2.75) is 37.1 Å². The average Bonchev–Trinajstić information content (AvgIpc) is 2.97. The maximum absolute atomic E-state index is 11.7. The lowest BCUT2D eigenvalue weighted by molar-refractivity contribution is -0.147. The Labute approximate surface area is 166 Å². The minimum absolute atomic E-state index is 0.381. The Hall–Kier alpha value is -3.33. The summed E-state index contributed by atoms with van der Waals surface area (Å²) >= 11 is 0. The van der Waals surface area contributed by atoms with Crippen LogP contribution < -0.4 is 22.5 Å². The molecule has 30 heavy (non-hydrogen) atoms. The Kier molecular flexibility index (Phi) is 7.60. The molecule has 0 aliphatic carbocycles. The van der Waals surface area contributed by atoms with E-state index in [-0.39, 0.29) is 5.56 Å². The monoisotopic (exact) mass is 428 g/mol. The molecule has 14 heteroatoms. The zero-order valence-corrected chi connectivity index (χ0v) is 15.5. The van der Waals surface area contributed by atoms with Crippen LogP contribution in [0.15, 0.2) is 43.7 Å². The number of hydrogen-bond acceptors (Lipinski definition) is 10. The number of aromatic amines is 3. The second kappa shape index (κ2) is 9.93. The van der Waals surface area contributed by atoms with E-state index in [1.807, 2.05) is 9.97 Å². The van der Waals surface area contributed by atoms with Gasteiger partial charge in [-0.25, -0.2) is 9.59 Å². The number of nitrogens with zero attached hydrogens (tertiary/aromatic N) is 1. The van der Waals surface area contributed by atoms with Crippen LogP contribution in [-0.2, 0) is 14.3 Å². The van der Waals surface area contributed by atoms with E-state index in [0.29, 0.717) is 0 Å². The van der Waals surface area contributed by atoms with Crippen LogP contribution in [0, 0.1) is 0 Å². The van der Waals surface area contributed by atoms with Gasteiger partial charge in [-0.3, -0.25) is 28.9 Å². The summed E-state index contributed by atoms with van der Waals surface area (Å²) < 4.78 is 10.6. The molecule has 6 N–H and O–H groups in total. The Bertz CT molecular complexity index is 1060. The van der Waals surface area contributed by atoms with Crippen LogP contribution in [0.5, 0.6) is 0 Å². The van der Waals surface area contributed by atoms with Crippen LogP contribution in [0.25, 0.3) is 0 Å². The summed E-state index contributed by atoms with van der Waals surface area (Å²) in [5.74, 6) is -0.720. The largest absolute Gasteiger partial charge is 0.469 e. The number of hydrogen-bond donors (Lipinski definition) is 6. The molecule has 0 bridgehead atoms. The van der Waals surface area contributed by atoms with Gasteiger partial charge >= 0.3 is 17.3 Å². The number of esters is 1. The zero-order valence-electron chi connectivity index (χ0n) is 15.5. The fourth-order valence-corrected chi connectivity index (χ4v) is 2.61. The zero-order chi connectivity index (χ0) is 22.4. The van der Waals surface area contributed by atoms with E-state index in [0.717, 1.165) is 23.9 Å². The molecule has 3 rings (SSSR count). The number of nitrogens with one attached hydrogen (secondary N) is 3. The van der Waals surface area contributed by atoms with E-state index in [1.54, 1.807) is 0 Å². The summed E-state index contributed by atoms with van der Waals surface area (Å²) in [4.78, 5) is 60.5. The minimum atomic E-state index is -1.53. The lowest BCUT2D eigenvalue weighted by atomic mass is 10.0. The van der Waals surface area contributed by atoms with E-state index >= 15 is 0 Å². The number of ether oxygens (including phenoxy) is 2. The molecule has 1 aliphatic heterocycles. The Morgan fingerprint density at radius 2 is 1.83 bits per heavy atom. The molecule has 14 nitrogen and oxygen atoms in total. The van der Waals surface area contributed by atoms with Gasteiger partial charge < -0.3 is 29.8 Å². The highest BCUT2D eigenvalue weighted by Crippen LogP contribution is 2.30. The summed E-state index contributed by atoms with van der Waals surface area (Å²) in [5.41, 5.74) is -2.32. The molecule has 164 valence electrons. The fourth-order valence-electron chi connectivity index (χ4n) is 2.61. The van der Waals surface area contributed by atoms with E-state index < -0.39 is 60.0 Å². The predicted octanol–water partition coefficient (Wildman–Crippen LogP) is -3.86. The number of H-pyrrole nitrogens is 3.